The minimum Gasteiger partial charge on any atom is -0.350 e. The van der Waals surface area contributed by atoms with Crippen LogP contribution in [-0.4, -0.2) is 42.5 Å². The van der Waals surface area contributed by atoms with E-state index in [0.717, 1.165) is 19.5 Å². The molecule has 1 aliphatic rings. The van der Waals surface area contributed by atoms with Crippen LogP contribution in [-0.2, 0) is 0 Å². The highest BCUT2D eigenvalue weighted by atomic mass is 16.1. The van der Waals surface area contributed by atoms with Crippen LogP contribution >= 0.6 is 0 Å². The smallest absolute Gasteiger partial charge is 0.269 e. The fourth-order valence-corrected chi connectivity index (χ4v) is 2.14. The Balaban J connectivity index is 1.89. The van der Waals surface area contributed by atoms with Crippen LogP contribution < -0.4 is 5.32 Å². The largest absolute Gasteiger partial charge is 0.350 e. The normalized spacial score (nSPS) is 19.4. The standard InChI is InChI=1S/C13H16N4O/c1-17-5-3-11(9-17)8-16-13(18)12-6-10(7-14)2-4-15-12/h2,4,6,11H,3,5,8-9H2,1H3,(H,16,18). The van der Waals surface area contributed by atoms with Gasteiger partial charge >= 0.3 is 0 Å². The van der Waals surface area contributed by atoms with Gasteiger partial charge in [0.05, 0.1) is 11.6 Å². The van der Waals surface area contributed by atoms with E-state index in [4.69, 9.17) is 5.26 Å². The van der Waals surface area contributed by atoms with Gasteiger partial charge in [0.25, 0.3) is 5.91 Å². The van der Waals surface area contributed by atoms with Gasteiger partial charge in [-0.25, -0.2) is 0 Å². The topological polar surface area (TPSA) is 69.0 Å². The summed E-state index contributed by atoms with van der Waals surface area (Å²) in [6, 6.07) is 5.09. The van der Waals surface area contributed by atoms with Crippen molar-refractivity contribution in [1.29, 1.82) is 5.26 Å². The molecule has 1 unspecified atom stereocenters. The van der Waals surface area contributed by atoms with Crippen LogP contribution in [0, 0.1) is 17.2 Å². The Labute approximate surface area is 106 Å². The molecule has 0 saturated carbocycles. The van der Waals surface area contributed by atoms with Crippen molar-refractivity contribution < 1.29 is 4.79 Å². The fourth-order valence-electron chi connectivity index (χ4n) is 2.14. The van der Waals surface area contributed by atoms with Crippen LogP contribution in [0.4, 0.5) is 0 Å². The van der Waals surface area contributed by atoms with Gasteiger partial charge in [0, 0.05) is 19.3 Å². The summed E-state index contributed by atoms with van der Waals surface area (Å²) in [5.74, 6) is 0.305. The first-order valence-electron chi connectivity index (χ1n) is 6.02. The van der Waals surface area contributed by atoms with Gasteiger partial charge in [0.1, 0.15) is 5.69 Å². The lowest BCUT2D eigenvalue weighted by molar-refractivity contribution is 0.0942. The van der Waals surface area contributed by atoms with E-state index in [-0.39, 0.29) is 5.91 Å². The molecule has 1 aromatic heterocycles. The van der Waals surface area contributed by atoms with Crippen LogP contribution in [0.1, 0.15) is 22.5 Å². The van der Waals surface area contributed by atoms with Gasteiger partial charge in [-0.05, 0) is 38.1 Å². The van der Waals surface area contributed by atoms with E-state index in [1.807, 2.05) is 6.07 Å². The van der Waals surface area contributed by atoms with Crippen molar-refractivity contribution in [2.45, 2.75) is 6.42 Å². The summed E-state index contributed by atoms with van der Waals surface area (Å²) in [6.45, 7) is 2.77. The van der Waals surface area contributed by atoms with Crippen molar-refractivity contribution in [2.24, 2.45) is 5.92 Å². The Bertz CT molecular complexity index is 480. The molecule has 0 aliphatic carbocycles. The van der Waals surface area contributed by atoms with E-state index in [2.05, 4.69) is 22.2 Å². The molecule has 5 nitrogen and oxygen atoms in total. The lowest BCUT2D eigenvalue weighted by Crippen LogP contribution is -2.31. The summed E-state index contributed by atoms with van der Waals surface area (Å²) in [5, 5.41) is 11.6. The number of pyridine rings is 1. The first-order chi connectivity index (χ1) is 8.69. The molecule has 1 aromatic rings. The first-order valence-corrected chi connectivity index (χ1v) is 6.02. The number of amides is 1. The van der Waals surface area contributed by atoms with Gasteiger partial charge < -0.3 is 10.2 Å². The summed E-state index contributed by atoms with van der Waals surface area (Å²) in [7, 11) is 2.08. The predicted molar refractivity (Wildman–Crippen MR) is 66.9 cm³/mol. The van der Waals surface area contributed by atoms with Crippen molar-refractivity contribution in [3.05, 3.63) is 29.6 Å². The number of aromatic nitrogens is 1. The van der Waals surface area contributed by atoms with Crippen LogP contribution in [0.25, 0.3) is 0 Å². The molecule has 1 aliphatic heterocycles. The highest BCUT2D eigenvalue weighted by molar-refractivity contribution is 5.92. The van der Waals surface area contributed by atoms with E-state index in [1.165, 1.54) is 12.3 Å². The van der Waals surface area contributed by atoms with Crippen molar-refractivity contribution in [1.82, 2.24) is 15.2 Å². The monoisotopic (exact) mass is 244 g/mol. The van der Waals surface area contributed by atoms with Gasteiger partial charge in [-0.3, -0.25) is 9.78 Å². The summed E-state index contributed by atoms with van der Waals surface area (Å²) >= 11 is 0. The zero-order chi connectivity index (χ0) is 13.0. The molecule has 1 N–H and O–H groups in total. The second-order valence-corrected chi connectivity index (χ2v) is 4.67. The van der Waals surface area contributed by atoms with Crippen LogP contribution in [0.15, 0.2) is 18.3 Å². The molecule has 2 heterocycles. The molecule has 2 rings (SSSR count). The van der Waals surface area contributed by atoms with E-state index < -0.39 is 0 Å². The molecule has 18 heavy (non-hydrogen) atoms. The van der Waals surface area contributed by atoms with Crippen LogP contribution in [0.2, 0.25) is 0 Å². The third-order valence-electron chi connectivity index (χ3n) is 3.16. The third-order valence-corrected chi connectivity index (χ3v) is 3.16. The molecule has 1 atom stereocenters. The van der Waals surface area contributed by atoms with Crippen LogP contribution in [0.5, 0.6) is 0 Å². The van der Waals surface area contributed by atoms with Gasteiger partial charge in [0.2, 0.25) is 0 Å². The van der Waals surface area contributed by atoms with Crippen molar-refractivity contribution in [3.8, 4) is 6.07 Å². The summed E-state index contributed by atoms with van der Waals surface area (Å²) < 4.78 is 0. The maximum absolute atomic E-state index is 11.9. The lowest BCUT2D eigenvalue weighted by atomic mass is 10.1. The van der Waals surface area contributed by atoms with E-state index >= 15 is 0 Å². The number of likely N-dealkylation sites (tertiary alicyclic amines) is 1. The molecule has 0 bridgehead atoms. The number of hydrogen-bond acceptors (Lipinski definition) is 4. The number of nitrogens with one attached hydrogen (secondary N) is 1. The average molecular weight is 244 g/mol. The van der Waals surface area contributed by atoms with E-state index in [0.29, 0.717) is 23.7 Å². The Morgan fingerprint density at radius 3 is 3.22 bits per heavy atom. The second-order valence-electron chi connectivity index (χ2n) is 4.67. The number of nitriles is 1. The van der Waals surface area contributed by atoms with Crippen molar-refractivity contribution in [3.63, 3.8) is 0 Å². The third kappa shape index (κ3) is 3.05. The van der Waals surface area contributed by atoms with E-state index in [1.54, 1.807) is 6.07 Å². The van der Waals surface area contributed by atoms with Gasteiger partial charge in [0.15, 0.2) is 0 Å². The lowest BCUT2D eigenvalue weighted by Gasteiger charge is -2.11. The molecule has 1 amide bonds. The zero-order valence-corrected chi connectivity index (χ0v) is 10.4. The number of hydrogen-bond donors (Lipinski definition) is 1. The first kappa shape index (κ1) is 12.5. The predicted octanol–water partition coefficient (Wildman–Crippen LogP) is 0.635. The van der Waals surface area contributed by atoms with E-state index in [9.17, 15) is 4.79 Å². The maximum atomic E-state index is 11.9. The summed E-state index contributed by atoms with van der Waals surface area (Å²) in [4.78, 5) is 18.1. The second kappa shape index (κ2) is 5.61. The molecular weight excluding hydrogens is 228 g/mol. The SMILES string of the molecule is CN1CCC(CNC(=O)c2cc(C#N)ccn2)C1. The Kier molecular flexibility index (Phi) is 3.90. The molecule has 1 saturated heterocycles. The molecule has 0 spiro atoms. The molecule has 5 heteroatoms. The Hall–Kier alpha value is -1.93. The number of carbonyl (C=O) groups excluding carboxylic acids is 1. The van der Waals surface area contributed by atoms with Crippen molar-refractivity contribution >= 4 is 5.91 Å². The van der Waals surface area contributed by atoms with Gasteiger partial charge in [-0.15, -0.1) is 0 Å². The minimum absolute atomic E-state index is 0.207. The molecule has 1 fully saturated rings. The van der Waals surface area contributed by atoms with Crippen LogP contribution in [0.3, 0.4) is 0 Å². The molecule has 0 aromatic carbocycles. The summed E-state index contributed by atoms with van der Waals surface area (Å²) in [5.41, 5.74) is 0.760. The average Bonchev–Trinajstić information content (AvgIpc) is 2.82. The summed E-state index contributed by atoms with van der Waals surface area (Å²) in [6.07, 6.45) is 2.60. The Morgan fingerprint density at radius 2 is 2.56 bits per heavy atom. The highest BCUT2D eigenvalue weighted by Gasteiger charge is 2.20. The number of carbonyl (C=O) groups is 1. The minimum atomic E-state index is -0.207. The zero-order valence-electron chi connectivity index (χ0n) is 10.4. The number of nitrogens with zero attached hydrogens (tertiary/aromatic N) is 3. The van der Waals surface area contributed by atoms with Gasteiger partial charge in [-0.1, -0.05) is 0 Å². The molecular formula is C13H16N4O. The fraction of sp³-hybridized carbons (Fsp3) is 0.462. The number of rotatable bonds is 3. The Morgan fingerprint density at radius 1 is 1.72 bits per heavy atom. The molecule has 94 valence electrons. The highest BCUT2D eigenvalue weighted by Crippen LogP contribution is 2.13. The quantitative estimate of drug-likeness (QED) is 0.847. The maximum Gasteiger partial charge on any atom is 0.269 e. The van der Waals surface area contributed by atoms with Crippen molar-refractivity contribution in [2.75, 3.05) is 26.7 Å². The molecule has 0 radical (unpaired) electrons. The van der Waals surface area contributed by atoms with Gasteiger partial charge in [-0.2, -0.15) is 5.26 Å².